The Kier molecular flexibility index (Phi) is 5.64. The third-order valence-electron chi connectivity index (χ3n) is 7.40. The first-order valence-electron chi connectivity index (χ1n) is 13.1. The Hall–Kier alpha value is -5.21. The van der Waals surface area contributed by atoms with Gasteiger partial charge in [0, 0.05) is 33.5 Å². The van der Waals surface area contributed by atoms with Gasteiger partial charge in [-0.3, -0.25) is 0 Å². The van der Waals surface area contributed by atoms with Crippen LogP contribution in [0.2, 0.25) is 0 Å². The average molecular weight is 504 g/mol. The van der Waals surface area contributed by atoms with Gasteiger partial charge in [0.05, 0.1) is 22.7 Å². The van der Waals surface area contributed by atoms with Crippen LogP contribution in [0.1, 0.15) is 23.1 Å². The molecule has 5 heteroatoms. The predicted octanol–water partition coefficient (Wildman–Crippen LogP) is 6.91. The van der Waals surface area contributed by atoms with E-state index in [1.54, 1.807) is 0 Å². The molecule has 0 spiro atoms. The van der Waals surface area contributed by atoms with E-state index in [0.717, 1.165) is 56.7 Å². The van der Waals surface area contributed by atoms with Crippen molar-refractivity contribution < 1.29 is 0 Å². The van der Waals surface area contributed by atoms with Crippen molar-refractivity contribution in [3.63, 3.8) is 0 Å². The highest BCUT2D eigenvalue weighted by Crippen LogP contribution is 2.33. The van der Waals surface area contributed by atoms with Gasteiger partial charge in [0.1, 0.15) is 11.7 Å². The summed E-state index contributed by atoms with van der Waals surface area (Å²) in [4.78, 5) is 10.1. The van der Waals surface area contributed by atoms with Gasteiger partial charge in [-0.2, -0.15) is 5.26 Å². The molecule has 5 nitrogen and oxygen atoms in total. The van der Waals surface area contributed by atoms with Crippen molar-refractivity contribution in [3.05, 3.63) is 138 Å². The summed E-state index contributed by atoms with van der Waals surface area (Å²) in [5.41, 5.74) is 5.96. The number of benzene rings is 4. The van der Waals surface area contributed by atoms with Gasteiger partial charge >= 0.3 is 0 Å². The summed E-state index contributed by atoms with van der Waals surface area (Å²) in [6, 6.07) is 35.2. The van der Waals surface area contributed by atoms with Crippen LogP contribution in [0.3, 0.4) is 0 Å². The molecule has 2 atom stereocenters. The largest absolute Gasteiger partial charge is 0.324 e. The summed E-state index contributed by atoms with van der Waals surface area (Å²) in [5.74, 6) is 1.89. The van der Waals surface area contributed by atoms with Crippen molar-refractivity contribution >= 4 is 33.5 Å². The van der Waals surface area contributed by atoms with Crippen LogP contribution >= 0.6 is 0 Å². The monoisotopic (exact) mass is 503 g/mol. The summed E-state index contributed by atoms with van der Waals surface area (Å²) >= 11 is 0. The highest BCUT2D eigenvalue weighted by molar-refractivity contribution is 6.16. The quantitative estimate of drug-likeness (QED) is 0.290. The molecule has 39 heavy (non-hydrogen) atoms. The molecule has 0 bridgehead atoms. The maximum atomic E-state index is 9.45. The highest BCUT2D eigenvalue weighted by atomic mass is 15.2. The molecule has 1 aliphatic carbocycles. The fourth-order valence-electron chi connectivity index (χ4n) is 5.46. The molecular formula is C34H25N5. The summed E-state index contributed by atoms with van der Waals surface area (Å²) in [6.45, 7) is 0. The van der Waals surface area contributed by atoms with Crippen LogP contribution in [0.15, 0.2) is 131 Å². The Labute approximate surface area is 226 Å². The lowest BCUT2D eigenvalue weighted by atomic mass is 9.97. The van der Waals surface area contributed by atoms with E-state index in [9.17, 15) is 5.26 Å². The van der Waals surface area contributed by atoms with Crippen LogP contribution in [0.4, 0.5) is 0 Å². The molecule has 0 amide bonds. The molecule has 0 fully saturated rings. The van der Waals surface area contributed by atoms with E-state index in [1.165, 1.54) is 0 Å². The van der Waals surface area contributed by atoms with Crippen molar-refractivity contribution in [2.24, 2.45) is 15.9 Å². The number of aromatic nitrogens is 1. The van der Waals surface area contributed by atoms with E-state index < -0.39 is 0 Å². The molecule has 4 aromatic carbocycles. The molecule has 0 saturated heterocycles. The third kappa shape index (κ3) is 4.13. The zero-order valence-electron chi connectivity index (χ0n) is 21.2. The smallest absolute Gasteiger partial charge is 0.150 e. The van der Waals surface area contributed by atoms with Gasteiger partial charge in [-0.1, -0.05) is 72.8 Å². The molecule has 1 aliphatic heterocycles. The van der Waals surface area contributed by atoms with E-state index in [2.05, 4.69) is 94.9 Å². The Morgan fingerprint density at radius 1 is 0.744 bits per heavy atom. The summed E-state index contributed by atoms with van der Waals surface area (Å²) in [6.07, 6.45) is 9.28. The zero-order valence-corrected chi connectivity index (χ0v) is 21.2. The van der Waals surface area contributed by atoms with Crippen LogP contribution in [0.5, 0.6) is 0 Å². The molecule has 1 aromatic heterocycles. The Morgan fingerprint density at radius 2 is 1.46 bits per heavy atom. The number of hydrogen-bond donors (Lipinski definition) is 1. The first-order valence-corrected chi connectivity index (χ1v) is 13.1. The van der Waals surface area contributed by atoms with Crippen molar-refractivity contribution in [1.82, 2.24) is 9.88 Å². The predicted molar refractivity (Wildman–Crippen MR) is 158 cm³/mol. The molecule has 186 valence electrons. The number of nitrogens with zero attached hydrogens (tertiary/aromatic N) is 4. The number of rotatable bonds is 4. The number of aliphatic imine (C=N–C) groups is 2. The maximum absolute atomic E-state index is 9.45. The minimum Gasteiger partial charge on any atom is -0.324 e. The van der Waals surface area contributed by atoms with Crippen LogP contribution < -0.4 is 5.32 Å². The number of nitrogens with one attached hydrogen (secondary N) is 1. The van der Waals surface area contributed by atoms with E-state index in [4.69, 9.17) is 9.98 Å². The van der Waals surface area contributed by atoms with Crippen LogP contribution in [0, 0.1) is 17.2 Å². The van der Waals surface area contributed by atoms with E-state index in [-0.39, 0.29) is 12.1 Å². The number of allylic oxidation sites excluding steroid dienone is 3. The maximum Gasteiger partial charge on any atom is 0.150 e. The van der Waals surface area contributed by atoms with Crippen molar-refractivity contribution in [2.45, 2.75) is 12.6 Å². The molecule has 7 rings (SSSR count). The molecule has 1 N–H and O–H groups in total. The summed E-state index contributed by atoms with van der Waals surface area (Å²) in [7, 11) is 0. The van der Waals surface area contributed by atoms with Gasteiger partial charge in [-0.25, -0.2) is 9.98 Å². The van der Waals surface area contributed by atoms with E-state index >= 15 is 0 Å². The lowest BCUT2D eigenvalue weighted by Crippen LogP contribution is -2.39. The first kappa shape index (κ1) is 22.9. The lowest BCUT2D eigenvalue weighted by molar-refractivity contribution is 0.517. The Bertz CT molecular complexity index is 1860. The minimum absolute atomic E-state index is 0.191. The second kappa shape index (κ2) is 9.59. The van der Waals surface area contributed by atoms with Gasteiger partial charge in [0.25, 0.3) is 0 Å². The van der Waals surface area contributed by atoms with Crippen molar-refractivity contribution in [1.29, 1.82) is 5.26 Å². The topological polar surface area (TPSA) is 65.5 Å². The Morgan fingerprint density at radius 3 is 2.21 bits per heavy atom. The first-order chi connectivity index (χ1) is 19.3. The second-order valence-corrected chi connectivity index (χ2v) is 9.82. The number of amidine groups is 2. The fraction of sp³-hybridized carbons (Fsp3) is 0.0882. The number of nitriles is 1. The fourth-order valence-corrected chi connectivity index (χ4v) is 5.46. The van der Waals surface area contributed by atoms with Crippen LogP contribution in [-0.4, -0.2) is 22.4 Å². The molecule has 2 heterocycles. The van der Waals surface area contributed by atoms with Crippen molar-refractivity contribution in [3.8, 4) is 11.8 Å². The normalized spacial score (nSPS) is 18.4. The lowest BCUT2D eigenvalue weighted by Gasteiger charge is -2.26. The summed E-state index contributed by atoms with van der Waals surface area (Å²) < 4.78 is 2.25. The van der Waals surface area contributed by atoms with Gasteiger partial charge in [0.15, 0.2) is 6.17 Å². The molecule has 0 saturated carbocycles. The van der Waals surface area contributed by atoms with Gasteiger partial charge < -0.3 is 9.88 Å². The average Bonchev–Trinajstić information content (AvgIpc) is 3.35. The molecule has 0 radical (unpaired) electrons. The van der Waals surface area contributed by atoms with Crippen LogP contribution in [0.25, 0.3) is 27.5 Å². The minimum atomic E-state index is -0.191. The standard InChI is InChI=1S/C34H25N5/c35-22-23-15-20-31-29(21-23)28-13-7-8-14-30(28)39(31)27-18-16-26(17-19-27)34-37-32(24-9-3-1-4-10-24)36-33(38-34)25-11-5-2-6-12-25/h1-11,13-21,25,33H,12H2,(H,36,37,38). The van der Waals surface area contributed by atoms with Gasteiger partial charge in [-0.15, -0.1) is 0 Å². The molecule has 5 aromatic rings. The number of para-hydroxylation sites is 1. The van der Waals surface area contributed by atoms with Crippen molar-refractivity contribution in [2.75, 3.05) is 0 Å². The van der Waals surface area contributed by atoms with E-state index in [1.807, 2.05) is 42.5 Å². The molecule has 2 unspecified atom stereocenters. The molecule has 2 aliphatic rings. The zero-order chi connectivity index (χ0) is 26.2. The van der Waals surface area contributed by atoms with Crippen LogP contribution in [-0.2, 0) is 0 Å². The SMILES string of the molecule is N#Cc1ccc2c(c1)c1ccccc1n2-c1ccc(C2=NC(C3C=CC=CC3)N=C(c3ccccc3)N2)cc1. The van der Waals surface area contributed by atoms with Gasteiger partial charge in [0.2, 0.25) is 0 Å². The van der Waals surface area contributed by atoms with Gasteiger partial charge in [-0.05, 0) is 55.0 Å². The Balaban J connectivity index is 1.29. The number of hydrogen-bond acceptors (Lipinski definition) is 4. The summed E-state index contributed by atoms with van der Waals surface area (Å²) in [5, 5.41) is 15.2. The van der Waals surface area contributed by atoms with E-state index in [0.29, 0.717) is 5.56 Å². The number of fused-ring (bicyclic) bond motifs is 3. The molecular weight excluding hydrogens is 478 g/mol. The third-order valence-corrected chi connectivity index (χ3v) is 7.40. The highest BCUT2D eigenvalue weighted by Gasteiger charge is 2.25. The second-order valence-electron chi connectivity index (χ2n) is 9.82.